The monoisotopic (exact) mass is 280 g/mol. The predicted molar refractivity (Wildman–Crippen MR) is 74.9 cm³/mol. The molecular weight excluding hydrogens is 260 g/mol. The Morgan fingerprint density at radius 1 is 1.55 bits per heavy atom. The third-order valence-electron chi connectivity index (χ3n) is 3.54. The van der Waals surface area contributed by atoms with E-state index in [1.165, 1.54) is 6.07 Å². The van der Waals surface area contributed by atoms with Gasteiger partial charge >= 0.3 is 0 Å². The van der Waals surface area contributed by atoms with Crippen molar-refractivity contribution in [3.8, 4) is 5.75 Å². The fraction of sp³-hybridized carbons (Fsp3) is 0.571. The van der Waals surface area contributed by atoms with E-state index >= 15 is 0 Å². The van der Waals surface area contributed by atoms with Gasteiger partial charge in [0.05, 0.1) is 12.0 Å². The van der Waals surface area contributed by atoms with Crippen LogP contribution in [0.25, 0.3) is 0 Å². The second kappa shape index (κ2) is 7.21. The van der Waals surface area contributed by atoms with Crippen LogP contribution in [-0.4, -0.2) is 31.8 Å². The molecule has 6 nitrogen and oxygen atoms in total. The number of nitrogens with one attached hydrogen (secondary N) is 1. The summed E-state index contributed by atoms with van der Waals surface area (Å²) in [4.78, 5) is 10.4. The molecule has 6 heteroatoms. The number of ether oxygens (including phenoxy) is 2. The SMILES string of the molecule is COc1ccc([N+](=O)[O-])cc1CNCCC1CCOC1. The molecule has 1 heterocycles. The first kappa shape index (κ1) is 14.7. The van der Waals surface area contributed by atoms with Crippen molar-refractivity contribution >= 4 is 5.69 Å². The molecule has 0 amide bonds. The molecule has 20 heavy (non-hydrogen) atoms. The summed E-state index contributed by atoms with van der Waals surface area (Å²) < 4.78 is 10.6. The maximum Gasteiger partial charge on any atom is 0.270 e. The van der Waals surface area contributed by atoms with E-state index in [1.54, 1.807) is 19.2 Å². The number of nitrogens with zero attached hydrogens (tertiary/aromatic N) is 1. The highest BCUT2D eigenvalue weighted by Gasteiger charge is 2.15. The van der Waals surface area contributed by atoms with Gasteiger partial charge in [0.25, 0.3) is 5.69 Å². The first-order valence-electron chi connectivity index (χ1n) is 6.80. The van der Waals surface area contributed by atoms with Gasteiger partial charge in [-0.1, -0.05) is 0 Å². The van der Waals surface area contributed by atoms with Crippen molar-refractivity contribution in [3.63, 3.8) is 0 Å². The van der Waals surface area contributed by atoms with Gasteiger partial charge in [-0.3, -0.25) is 10.1 Å². The molecule has 0 bridgehead atoms. The predicted octanol–water partition coefficient (Wildman–Crippen LogP) is 2.12. The molecule has 1 aliphatic heterocycles. The van der Waals surface area contributed by atoms with Crippen LogP contribution in [0.2, 0.25) is 0 Å². The van der Waals surface area contributed by atoms with E-state index < -0.39 is 4.92 Å². The number of rotatable bonds is 7. The summed E-state index contributed by atoms with van der Waals surface area (Å²) in [5.74, 6) is 1.31. The molecule has 1 fully saturated rings. The summed E-state index contributed by atoms with van der Waals surface area (Å²) in [6.07, 6.45) is 2.19. The minimum atomic E-state index is -0.390. The highest BCUT2D eigenvalue weighted by molar-refractivity contribution is 5.43. The van der Waals surface area contributed by atoms with E-state index in [-0.39, 0.29) is 5.69 Å². The Bertz CT molecular complexity index is 458. The summed E-state index contributed by atoms with van der Waals surface area (Å²) in [6, 6.07) is 4.66. The van der Waals surface area contributed by atoms with E-state index in [0.29, 0.717) is 18.2 Å². The molecule has 1 aromatic rings. The molecule has 1 aliphatic rings. The van der Waals surface area contributed by atoms with Gasteiger partial charge in [0.1, 0.15) is 5.75 Å². The number of nitro benzene ring substituents is 1. The average molecular weight is 280 g/mol. The number of nitro groups is 1. The Balaban J connectivity index is 1.86. The van der Waals surface area contributed by atoms with Crippen LogP contribution in [0.1, 0.15) is 18.4 Å². The molecular formula is C14H20N2O4. The van der Waals surface area contributed by atoms with E-state index in [4.69, 9.17) is 9.47 Å². The fourth-order valence-corrected chi connectivity index (χ4v) is 2.36. The Morgan fingerprint density at radius 3 is 3.05 bits per heavy atom. The van der Waals surface area contributed by atoms with Gasteiger partial charge in [-0.05, 0) is 31.4 Å². The van der Waals surface area contributed by atoms with Gasteiger partial charge in [0, 0.05) is 37.5 Å². The van der Waals surface area contributed by atoms with Crippen molar-refractivity contribution in [3.05, 3.63) is 33.9 Å². The number of methoxy groups -OCH3 is 1. The van der Waals surface area contributed by atoms with E-state index in [9.17, 15) is 10.1 Å². The Labute approximate surface area is 118 Å². The second-order valence-corrected chi connectivity index (χ2v) is 4.95. The number of hydrogen-bond donors (Lipinski definition) is 1. The Hall–Kier alpha value is -1.66. The third kappa shape index (κ3) is 3.91. The maximum atomic E-state index is 10.8. The van der Waals surface area contributed by atoms with Crippen LogP contribution in [-0.2, 0) is 11.3 Å². The first-order chi connectivity index (χ1) is 9.70. The van der Waals surface area contributed by atoms with Crippen LogP contribution in [0.15, 0.2) is 18.2 Å². The van der Waals surface area contributed by atoms with Crippen molar-refractivity contribution in [2.45, 2.75) is 19.4 Å². The van der Waals surface area contributed by atoms with E-state index in [2.05, 4.69) is 5.32 Å². The summed E-state index contributed by atoms with van der Waals surface area (Å²) in [7, 11) is 1.57. The van der Waals surface area contributed by atoms with Crippen molar-refractivity contribution in [2.75, 3.05) is 26.9 Å². The highest BCUT2D eigenvalue weighted by Crippen LogP contribution is 2.24. The molecule has 0 aromatic heterocycles. The fourth-order valence-electron chi connectivity index (χ4n) is 2.36. The molecule has 0 radical (unpaired) electrons. The molecule has 1 aromatic carbocycles. The lowest BCUT2D eigenvalue weighted by Crippen LogP contribution is -2.18. The van der Waals surface area contributed by atoms with Gasteiger partial charge < -0.3 is 14.8 Å². The molecule has 110 valence electrons. The van der Waals surface area contributed by atoms with Crippen LogP contribution >= 0.6 is 0 Å². The van der Waals surface area contributed by atoms with Crippen molar-refractivity contribution < 1.29 is 14.4 Å². The third-order valence-corrected chi connectivity index (χ3v) is 3.54. The molecule has 1 atom stereocenters. The number of benzene rings is 1. The Morgan fingerprint density at radius 2 is 2.40 bits per heavy atom. The van der Waals surface area contributed by atoms with Gasteiger partial charge in [-0.2, -0.15) is 0 Å². The van der Waals surface area contributed by atoms with Crippen LogP contribution < -0.4 is 10.1 Å². The van der Waals surface area contributed by atoms with E-state index in [1.807, 2.05) is 0 Å². The smallest absolute Gasteiger partial charge is 0.270 e. The standard InChI is InChI=1S/C14H20N2O4/c1-19-14-3-2-13(16(17)18)8-12(14)9-15-6-4-11-5-7-20-10-11/h2-3,8,11,15H,4-7,9-10H2,1H3. The lowest BCUT2D eigenvalue weighted by Gasteiger charge is -2.11. The van der Waals surface area contributed by atoms with Crippen molar-refractivity contribution in [1.29, 1.82) is 0 Å². The van der Waals surface area contributed by atoms with Gasteiger partial charge in [-0.15, -0.1) is 0 Å². The molecule has 0 spiro atoms. The summed E-state index contributed by atoms with van der Waals surface area (Å²) in [6.45, 7) is 3.16. The minimum absolute atomic E-state index is 0.0896. The summed E-state index contributed by atoms with van der Waals surface area (Å²) in [5, 5.41) is 14.1. The van der Waals surface area contributed by atoms with Crippen molar-refractivity contribution in [1.82, 2.24) is 5.32 Å². The van der Waals surface area contributed by atoms with Gasteiger partial charge in [0.2, 0.25) is 0 Å². The second-order valence-electron chi connectivity index (χ2n) is 4.95. The maximum absolute atomic E-state index is 10.8. The average Bonchev–Trinajstić information content (AvgIpc) is 2.96. The zero-order valence-electron chi connectivity index (χ0n) is 11.6. The summed E-state index contributed by atoms with van der Waals surface area (Å²) in [5.41, 5.74) is 0.899. The lowest BCUT2D eigenvalue weighted by atomic mass is 10.1. The molecule has 2 rings (SSSR count). The normalized spacial score (nSPS) is 18.1. The highest BCUT2D eigenvalue weighted by atomic mass is 16.6. The Kier molecular flexibility index (Phi) is 5.31. The van der Waals surface area contributed by atoms with E-state index in [0.717, 1.165) is 38.2 Å². The molecule has 0 saturated carbocycles. The quantitative estimate of drug-likeness (QED) is 0.470. The topological polar surface area (TPSA) is 73.6 Å². The van der Waals surface area contributed by atoms with Crippen LogP contribution in [0.4, 0.5) is 5.69 Å². The van der Waals surface area contributed by atoms with Crippen LogP contribution in [0.3, 0.4) is 0 Å². The molecule has 1 N–H and O–H groups in total. The minimum Gasteiger partial charge on any atom is -0.496 e. The number of non-ortho nitro benzene ring substituents is 1. The molecule has 1 unspecified atom stereocenters. The zero-order valence-corrected chi connectivity index (χ0v) is 11.6. The largest absolute Gasteiger partial charge is 0.496 e. The van der Waals surface area contributed by atoms with Gasteiger partial charge in [-0.25, -0.2) is 0 Å². The molecule has 0 aliphatic carbocycles. The van der Waals surface area contributed by atoms with Crippen LogP contribution in [0, 0.1) is 16.0 Å². The van der Waals surface area contributed by atoms with Crippen LogP contribution in [0.5, 0.6) is 5.75 Å². The molecule has 1 saturated heterocycles. The van der Waals surface area contributed by atoms with Gasteiger partial charge in [0.15, 0.2) is 0 Å². The summed E-state index contributed by atoms with van der Waals surface area (Å²) >= 11 is 0. The lowest BCUT2D eigenvalue weighted by molar-refractivity contribution is -0.384. The first-order valence-corrected chi connectivity index (χ1v) is 6.80. The number of hydrogen-bond acceptors (Lipinski definition) is 5. The van der Waals surface area contributed by atoms with Crippen molar-refractivity contribution in [2.24, 2.45) is 5.92 Å². The zero-order chi connectivity index (χ0) is 14.4.